The van der Waals surface area contributed by atoms with Gasteiger partial charge in [-0.3, -0.25) is 13.9 Å². The summed E-state index contributed by atoms with van der Waals surface area (Å²) >= 11 is 0. The Morgan fingerprint density at radius 2 is 1.71 bits per heavy atom. The van der Waals surface area contributed by atoms with Crippen molar-refractivity contribution in [1.82, 2.24) is 10.2 Å². The molecule has 2 rings (SSSR count). The number of amides is 2. The number of hydrogen-bond donors (Lipinski definition) is 1. The van der Waals surface area contributed by atoms with Crippen molar-refractivity contribution in [3.63, 3.8) is 0 Å². The van der Waals surface area contributed by atoms with Crippen LogP contribution in [-0.2, 0) is 26.2 Å². The maximum absolute atomic E-state index is 13.3. The van der Waals surface area contributed by atoms with E-state index in [4.69, 9.17) is 4.74 Å². The molecule has 0 aliphatic carbocycles. The lowest BCUT2D eigenvalue weighted by molar-refractivity contribution is -0.140. The van der Waals surface area contributed by atoms with Crippen LogP contribution >= 0.6 is 0 Å². The second-order valence-electron chi connectivity index (χ2n) is 8.96. The lowest BCUT2D eigenvalue weighted by Crippen LogP contribution is -2.48. The number of methoxy groups -OCH3 is 1. The van der Waals surface area contributed by atoms with Crippen molar-refractivity contribution in [2.24, 2.45) is 5.92 Å². The van der Waals surface area contributed by atoms with Gasteiger partial charge in [-0.15, -0.1) is 0 Å². The molecule has 1 N–H and O–H groups in total. The fraction of sp³-hybridized carbons (Fsp3) is 0.462. The first-order chi connectivity index (χ1) is 16.5. The smallest absolute Gasteiger partial charge is 0.242 e. The maximum Gasteiger partial charge on any atom is 0.242 e. The fourth-order valence-electron chi connectivity index (χ4n) is 3.60. The number of benzene rings is 2. The van der Waals surface area contributed by atoms with Gasteiger partial charge < -0.3 is 15.0 Å². The molecular weight excluding hydrogens is 466 g/mol. The van der Waals surface area contributed by atoms with E-state index < -0.39 is 16.1 Å². The lowest BCUT2D eigenvalue weighted by atomic mass is 10.1. The number of ether oxygens (including phenoxy) is 1. The third kappa shape index (κ3) is 8.90. The summed E-state index contributed by atoms with van der Waals surface area (Å²) in [5.74, 6) is 0.505. The third-order valence-corrected chi connectivity index (χ3v) is 6.73. The van der Waals surface area contributed by atoms with Gasteiger partial charge in [-0.05, 0) is 49.1 Å². The summed E-state index contributed by atoms with van der Waals surface area (Å²) < 4.78 is 31.3. The van der Waals surface area contributed by atoms with Crippen molar-refractivity contribution in [1.29, 1.82) is 0 Å². The number of carbonyl (C=O) groups is 2. The van der Waals surface area contributed by atoms with Crippen LogP contribution in [0, 0.1) is 5.92 Å². The molecule has 8 nitrogen and oxygen atoms in total. The Balaban J connectivity index is 2.16. The van der Waals surface area contributed by atoms with Crippen molar-refractivity contribution in [3.8, 4) is 5.75 Å². The molecular formula is C26H37N3O5S. The van der Waals surface area contributed by atoms with E-state index in [9.17, 15) is 18.0 Å². The van der Waals surface area contributed by atoms with Crippen molar-refractivity contribution >= 4 is 27.5 Å². The Kier molecular flexibility index (Phi) is 10.6. The Morgan fingerprint density at radius 1 is 1.03 bits per heavy atom. The molecule has 0 aliphatic rings. The second kappa shape index (κ2) is 13.1. The SMILES string of the molecule is COc1cccc(CN(C(=O)CCCN(c2ccccc2)S(C)(=O)=O)[C@H](C)C(=O)NCC(C)C)c1. The molecule has 0 heterocycles. The van der Waals surface area contributed by atoms with E-state index >= 15 is 0 Å². The van der Waals surface area contributed by atoms with Gasteiger partial charge in [0.15, 0.2) is 0 Å². The van der Waals surface area contributed by atoms with Gasteiger partial charge in [-0.1, -0.05) is 44.2 Å². The number of carbonyl (C=O) groups excluding carboxylic acids is 2. The third-order valence-electron chi connectivity index (χ3n) is 5.54. The maximum atomic E-state index is 13.3. The minimum Gasteiger partial charge on any atom is -0.497 e. The molecule has 0 spiro atoms. The molecule has 35 heavy (non-hydrogen) atoms. The summed E-state index contributed by atoms with van der Waals surface area (Å²) in [5.41, 5.74) is 1.39. The number of para-hydroxylation sites is 1. The van der Waals surface area contributed by atoms with Gasteiger partial charge in [0, 0.05) is 26.1 Å². The molecule has 1 atom stereocenters. The summed E-state index contributed by atoms with van der Waals surface area (Å²) in [7, 11) is -1.93. The van der Waals surface area contributed by atoms with E-state index in [-0.39, 0.29) is 37.2 Å². The molecule has 0 fully saturated rings. The molecule has 0 saturated heterocycles. The highest BCUT2D eigenvalue weighted by Crippen LogP contribution is 2.20. The predicted molar refractivity (Wildman–Crippen MR) is 139 cm³/mol. The lowest BCUT2D eigenvalue weighted by Gasteiger charge is -2.29. The summed E-state index contributed by atoms with van der Waals surface area (Å²) in [6.07, 6.45) is 1.57. The van der Waals surface area contributed by atoms with Gasteiger partial charge in [-0.25, -0.2) is 8.42 Å². The van der Waals surface area contributed by atoms with E-state index in [1.54, 1.807) is 38.3 Å². The van der Waals surface area contributed by atoms with Gasteiger partial charge >= 0.3 is 0 Å². The van der Waals surface area contributed by atoms with Crippen LogP contribution < -0.4 is 14.4 Å². The van der Waals surface area contributed by atoms with Crippen molar-refractivity contribution in [3.05, 3.63) is 60.2 Å². The van der Waals surface area contributed by atoms with E-state index in [0.717, 1.165) is 11.8 Å². The topological polar surface area (TPSA) is 96.0 Å². The molecule has 192 valence electrons. The van der Waals surface area contributed by atoms with E-state index in [1.807, 2.05) is 44.2 Å². The van der Waals surface area contributed by atoms with Crippen LogP contribution in [0.3, 0.4) is 0 Å². The number of hydrogen-bond acceptors (Lipinski definition) is 5. The Morgan fingerprint density at radius 3 is 2.31 bits per heavy atom. The Hall–Kier alpha value is -3.07. The van der Waals surface area contributed by atoms with Crippen molar-refractivity contribution in [2.75, 3.05) is 30.8 Å². The molecule has 2 aromatic rings. The summed E-state index contributed by atoms with van der Waals surface area (Å²) in [4.78, 5) is 27.6. The molecule has 0 saturated carbocycles. The van der Waals surface area contributed by atoms with Gasteiger partial charge in [0.05, 0.1) is 19.1 Å². The van der Waals surface area contributed by atoms with Crippen molar-refractivity contribution < 1.29 is 22.7 Å². The minimum absolute atomic E-state index is 0.102. The largest absolute Gasteiger partial charge is 0.497 e. The number of rotatable bonds is 13. The Labute approximate surface area is 209 Å². The number of nitrogens with one attached hydrogen (secondary N) is 1. The number of nitrogens with zero attached hydrogens (tertiary/aromatic N) is 2. The van der Waals surface area contributed by atoms with E-state index in [2.05, 4.69) is 5.32 Å². The van der Waals surface area contributed by atoms with Crippen LogP contribution in [0.5, 0.6) is 5.75 Å². The fourth-order valence-corrected chi connectivity index (χ4v) is 4.57. The molecule has 9 heteroatoms. The molecule has 0 aromatic heterocycles. The Bertz CT molecular complexity index is 1070. The summed E-state index contributed by atoms with van der Waals surface area (Å²) in [6, 6.07) is 15.5. The molecule has 0 radical (unpaired) electrons. The van der Waals surface area contributed by atoms with Crippen LogP contribution in [0.2, 0.25) is 0 Å². The van der Waals surface area contributed by atoms with Crippen LogP contribution in [-0.4, -0.2) is 57.6 Å². The average molecular weight is 504 g/mol. The van der Waals surface area contributed by atoms with Crippen LogP contribution in [0.4, 0.5) is 5.69 Å². The van der Waals surface area contributed by atoms with Gasteiger partial charge in [-0.2, -0.15) is 0 Å². The predicted octanol–water partition coefficient (Wildman–Crippen LogP) is 3.43. The normalized spacial score (nSPS) is 12.2. The highest BCUT2D eigenvalue weighted by molar-refractivity contribution is 7.92. The van der Waals surface area contributed by atoms with E-state index in [1.165, 1.54) is 9.21 Å². The molecule has 0 unspecified atom stereocenters. The average Bonchev–Trinajstić information content (AvgIpc) is 2.82. The second-order valence-corrected chi connectivity index (χ2v) is 10.9. The first-order valence-electron chi connectivity index (χ1n) is 11.8. The molecule has 0 aliphatic heterocycles. The summed E-state index contributed by atoms with van der Waals surface area (Å²) in [6.45, 7) is 6.64. The van der Waals surface area contributed by atoms with Gasteiger partial charge in [0.25, 0.3) is 0 Å². The van der Waals surface area contributed by atoms with Gasteiger partial charge in [0.2, 0.25) is 21.8 Å². The highest BCUT2D eigenvalue weighted by Gasteiger charge is 2.26. The zero-order chi connectivity index (χ0) is 26.0. The van der Waals surface area contributed by atoms with Crippen molar-refractivity contribution in [2.45, 2.75) is 46.2 Å². The molecule has 2 aromatic carbocycles. The minimum atomic E-state index is -3.51. The number of anilines is 1. The van der Waals surface area contributed by atoms with Crippen LogP contribution in [0.1, 0.15) is 39.2 Å². The van der Waals surface area contributed by atoms with E-state index in [0.29, 0.717) is 24.4 Å². The highest BCUT2D eigenvalue weighted by atomic mass is 32.2. The van der Waals surface area contributed by atoms with Gasteiger partial charge in [0.1, 0.15) is 11.8 Å². The molecule has 2 amide bonds. The quantitative estimate of drug-likeness (QED) is 0.452. The first-order valence-corrected chi connectivity index (χ1v) is 13.6. The number of sulfonamides is 1. The zero-order valence-corrected chi connectivity index (χ0v) is 22.0. The zero-order valence-electron chi connectivity index (χ0n) is 21.2. The standard InChI is InChI=1S/C26H37N3O5S/c1-20(2)18-27-26(31)21(3)28(19-22-11-9-14-24(17-22)34-4)25(30)15-10-16-29(35(5,32)33)23-12-7-6-8-13-23/h6-9,11-14,17,20-21H,10,15-16,18-19H2,1-5H3,(H,27,31)/t21-/m1/s1. The molecule has 0 bridgehead atoms. The summed E-state index contributed by atoms with van der Waals surface area (Å²) in [5, 5.41) is 2.90. The first kappa shape index (κ1) is 28.2. The monoisotopic (exact) mass is 503 g/mol. The van der Waals surface area contributed by atoms with Crippen LogP contribution in [0.15, 0.2) is 54.6 Å². The van der Waals surface area contributed by atoms with Crippen LogP contribution in [0.25, 0.3) is 0 Å².